The fourth-order valence-electron chi connectivity index (χ4n) is 4.63. The molecule has 202 valence electrons. The van der Waals surface area contributed by atoms with Crippen LogP contribution in [0, 0.1) is 0 Å². The summed E-state index contributed by atoms with van der Waals surface area (Å²) in [6, 6.07) is 11.6. The summed E-state index contributed by atoms with van der Waals surface area (Å²) in [5, 5.41) is 15.6. The minimum Gasteiger partial charge on any atom is -0.480 e. The smallest absolute Gasteiger partial charge is 0.326 e. The number of rotatable bonds is 15. The second-order valence-electron chi connectivity index (χ2n) is 9.94. The summed E-state index contributed by atoms with van der Waals surface area (Å²) >= 11 is 0. The monoisotopic (exact) mass is 514 g/mol. The highest BCUT2D eigenvalue weighted by atomic mass is 19.1. The molecule has 1 aromatic heterocycles. The number of carboxylic acid groups (broad SMARTS) is 1. The lowest BCUT2D eigenvalue weighted by Crippen LogP contribution is -2.46. The van der Waals surface area contributed by atoms with Gasteiger partial charge >= 0.3 is 5.97 Å². The van der Waals surface area contributed by atoms with E-state index in [0.717, 1.165) is 50.2 Å². The highest BCUT2D eigenvalue weighted by Crippen LogP contribution is 2.20. The number of hydrogen-bond acceptors (Lipinski definition) is 6. The predicted molar refractivity (Wildman–Crippen MR) is 142 cm³/mol. The molecule has 2 unspecified atom stereocenters. The van der Waals surface area contributed by atoms with Gasteiger partial charge in [0.1, 0.15) is 17.5 Å². The number of aryl methyl sites for hydroxylation is 2. The Hall–Kier alpha value is -3.04. The van der Waals surface area contributed by atoms with Crippen LogP contribution < -0.4 is 10.6 Å². The second kappa shape index (κ2) is 14.0. The first-order valence-corrected chi connectivity index (χ1v) is 13.0. The molecular weight excluding hydrogens is 475 g/mol. The average molecular weight is 515 g/mol. The van der Waals surface area contributed by atoms with Gasteiger partial charge in [0.25, 0.3) is 5.91 Å². The normalized spacial score (nSPS) is 15.4. The zero-order valence-corrected chi connectivity index (χ0v) is 21.8. The minimum absolute atomic E-state index is 0.0529. The first kappa shape index (κ1) is 28.5. The third kappa shape index (κ3) is 9.40. The van der Waals surface area contributed by atoms with Gasteiger partial charge in [0, 0.05) is 38.0 Å². The van der Waals surface area contributed by atoms with E-state index >= 15 is 4.39 Å². The van der Waals surface area contributed by atoms with Crippen molar-refractivity contribution in [3.8, 4) is 0 Å². The van der Waals surface area contributed by atoms with E-state index in [0.29, 0.717) is 18.7 Å². The van der Waals surface area contributed by atoms with E-state index in [9.17, 15) is 14.7 Å². The molecule has 37 heavy (non-hydrogen) atoms. The molecule has 2 aromatic rings. The van der Waals surface area contributed by atoms with Crippen molar-refractivity contribution in [1.82, 2.24) is 15.2 Å². The van der Waals surface area contributed by atoms with Gasteiger partial charge in [0.15, 0.2) is 0 Å². The third-order valence-corrected chi connectivity index (χ3v) is 6.48. The van der Waals surface area contributed by atoms with Crippen LogP contribution in [-0.4, -0.2) is 78.5 Å². The van der Waals surface area contributed by atoms with Crippen LogP contribution in [0.15, 0.2) is 42.5 Å². The van der Waals surface area contributed by atoms with Crippen molar-refractivity contribution >= 4 is 17.7 Å². The quantitative estimate of drug-likeness (QED) is 0.311. The van der Waals surface area contributed by atoms with Gasteiger partial charge in [-0.2, -0.15) is 0 Å². The molecule has 0 bridgehead atoms. The number of carbonyl (C=O) groups is 2. The number of nitrogens with zero attached hydrogens (tertiary/aromatic N) is 2. The summed E-state index contributed by atoms with van der Waals surface area (Å²) in [5.41, 5.74) is 1.11. The third-order valence-electron chi connectivity index (χ3n) is 6.48. The lowest BCUT2D eigenvalue weighted by molar-refractivity contribution is -0.139. The van der Waals surface area contributed by atoms with E-state index < -0.39 is 23.6 Å². The van der Waals surface area contributed by atoms with Crippen molar-refractivity contribution in [3.63, 3.8) is 0 Å². The maximum Gasteiger partial charge on any atom is 0.326 e. The number of amides is 1. The molecule has 0 saturated heterocycles. The van der Waals surface area contributed by atoms with Gasteiger partial charge in [-0.1, -0.05) is 24.3 Å². The molecule has 3 rings (SSSR count). The Kier molecular flexibility index (Phi) is 10.8. The minimum atomic E-state index is -1.58. The van der Waals surface area contributed by atoms with Gasteiger partial charge in [-0.05, 0) is 75.8 Å². The zero-order chi connectivity index (χ0) is 26.7. The van der Waals surface area contributed by atoms with Gasteiger partial charge in [-0.15, -0.1) is 0 Å². The number of ether oxygens (including phenoxy) is 1. The molecule has 3 N–H and O–H groups in total. The van der Waals surface area contributed by atoms with Crippen LogP contribution in [0.25, 0.3) is 0 Å². The van der Waals surface area contributed by atoms with Gasteiger partial charge in [-0.25, -0.2) is 14.2 Å². The molecule has 2 atom stereocenters. The van der Waals surface area contributed by atoms with E-state index in [1.165, 1.54) is 19.6 Å². The summed E-state index contributed by atoms with van der Waals surface area (Å²) in [6.45, 7) is 3.43. The van der Waals surface area contributed by atoms with Crippen LogP contribution in [0.1, 0.15) is 54.2 Å². The summed E-state index contributed by atoms with van der Waals surface area (Å²) in [4.78, 5) is 31.0. The van der Waals surface area contributed by atoms with Gasteiger partial charge < -0.3 is 20.5 Å². The molecule has 1 aromatic carbocycles. The number of methoxy groups -OCH3 is 1. The summed E-state index contributed by atoms with van der Waals surface area (Å²) in [5.74, 6) is -0.576. The Morgan fingerprint density at radius 1 is 1.22 bits per heavy atom. The number of halogens is 1. The van der Waals surface area contributed by atoms with E-state index in [1.807, 2.05) is 4.90 Å². The number of unbranched alkanes of at least 4 members (excludes halogenated alkanes) is 1. The lowest BCUT2D eigenvalue weighted by atomic mass is 10.1. The molecule has 0 radical (unpaired) electrons. The Morgan fingerprint density at radius 2 is 2.00 bits per heavy atom. The number of pyridine rings is 1. The molecule has 0 aliphatic carbocycles. The molecule has 1 amide bonds. The first-order valence-electron chi connectivity index (χ1n) is 13.0. The fourth-order valence-corrected chi connectivity index (χ4v) is 4.63. The van der Waals surface area contributed by atoms with Crippen molar-refractivity contribution in [2.45, 2.75) is 57.2 Å². The van der Waals surface area contributed by atoms with Crippen LogP contribution >= 0.6 is 0 Å². The van der Waals surface area contributed by atoms with Gasteiger partial charge in [-0.3, -0.25) is 9.69 Å². The number of carboxylic acids is 1. The zero-order valence-electron chi connectivity index (χ0n) is 21.8. The first-order chi connectivity index (χ1) is 17.8. The summed E-state index contributed by atoms with van der Waals surface area (Å²) in [6.07, 6.45) is 4.84. The number of aliphatic carboxylic acids is 1. The van der Waals surface area contributed by atoms with E-state index in [-0.39, 0.29) is 19.6 Å². The van der Waals surface area contributed by atoms with Crippen LogP contribution in [0.3, 0.4) is 0 Å². The number of benzene rings is 1. The van der Waals surface area contributed by atoms with Crippen LogP contribution in [-0.2, 0) is 22.4 Å². The van der Waals surface area contributed by atoms with Crippen LogP contribution in [0.5, 0.6) is 0 Å². The number of fused-ring (bicyclic) bond motifs is 1. The van der Waals surface area contributed by atoms with E-state index in [2.05, 4.69) is 22.8 Å². The molecule has 2 heterocycles. The fraction of sp³-hybridized carbons (Fsp3) is 0.536. The molecule has 0 fully saturated rings. The van der Waals surface area contributed by atoms with Gasteiger partial charge in [0.05, 0.1) is 6.61 Å². The van der Waals surface area contributed by atoms with Crippen molar-refractivity contribution in [1.29, 1.82) is 0 Å². The SMILES string of the molecule is COCC(C)(F)CN(CCCCc1ccc2c(n1)NCCC2)CCC(NC(=O)c1ccccc1)C(=O)O. The number of alkyl halides is 1. The number of aromatic nitrogens is 1. The number of hydrogen-bond donors (Lipinski definition) is 3. The highest BCUT2D eigenvalue weighted by molar-refractivity contribution is 5.96. The molecule has 0 spiro atoms. The van der Waals surface area contributed by atoms with Crippen LogP contribution in [0.4, 0.5) is 10.2 Å². The second-order valence-corrected chi connectivity index (χ2v) is 9.94. The Morgan fingerprint density at radius 3 is 2.73 bits per heavy atom. The van der Waals surface area contributed by atoms with Crippen molar-refractivity contribution in [2.24, 2.45) is 0 Å². The summed E-state index contributed by atoms with van der Waals surface area (Å²) < 4.78 is 20.1. The van der Waals surface area contributed by atoms with Crippen molar-refractivity contribution in [3.05, 3.63) is 59.3 Å². The molecule has 8 nitrogen and oxygen atoms in total. The molecule has 0 saturated carbocycles. The molecular formula is C28H39FN4O4. The Bertz CT molecular complexity index is 1020. The number of nitrogens with one attached hydrogen (secondary N) is 2. The van der Waals surface area contributed by atoms with E-state index in [4.69, 9.17) is 9.72 Å². The maximum atomic E-state index is 15.0. The largest absolute Gasteiger partial charge is 0.480 e. The molecule has 9 heteroatoms. The number of anilines is 1. The van der Waals surface area contributed by atoms with E-state index in [1.54, 1.807) is 30.3 Å². The van der Waals surface area contributed by atoms with Crippen LogP contribution in [0.2, 0.25) is 0 Å². The Balaban J connectivity index is 1.55. The Labute approximate surface area is 218 Å². The molecule has 1 aliphatic heterocycles. The molecule has 1 aliphatic rings. The number of carbonyl (C=O) groups excluding carboxylic acids is 1. The van der Waals surface area contributed by atoms with Gasteiger partial charge in [0.2, 0.25) is 0 Å². The predicted octanol–water partition coefficient (Wildman–Crippen LogP) is 3.71. The van der Waals surface area contributed by atoms with Crippen molar-refractivity contribution in [2.75, 3.05) is 45.2 Å². The highest BCUT2D eigenvalue weighted by Gasteiger charge is 2.28. The maximum absolute atomic E-state index is 15.0. The summed E-state index contributed by atoms with van der Waals surface area (Å²) in [7, 11) is 1.46. The average Bonchev–Trinajstić information content (AvgIpc) is 2.88. The van der Waals surface area contributed by atoms with Crippen molar-refractivity contribution < 1.29 is 23.8 Å². The lowest BCUT2D eigenvalue weighted by Gasteiger charge is -2.30. The standard InChI is InChI=1S/C28H39FN4O4/c1-28(29,20-37-2)19-33(17-7-6-12-23-14-13-21-11-8-16-30-25(21)31-23)18-15-24(27(35)36)32-26(34)22-9-4-3-5-10-22/h3-5,9-10,13-14,24H,6-8,11-12,15-20H2,1-2H3,(H,30,31)(H,32,34)(H,35,36). The topological polar surface area (TPSA) is 104 Å².